The van der Waals surface area contributed by atoms with Crippen molar-refractivity contribution >= 4 is 5.91 Å². The molecule has 13 heavy (non-hydrogen) atoms. The molecule has 0 spiro atoms. The average molecular weight is 185 g/mol. The van der Waals surface area contributed by atoms with E-state index in [1.807, 2.05) is 6.92 Å². The molecule has 1 unspecified atom stereocenters. The molecule has 1 amide bonds. The van der Waals surface area contributed by atoms with Gasteiger partial charge in [-0.15, -0.1) is 0 Å². The van der Waals surface area contributed by atoms with Gasteiger partial charge in [-0.25, -0.2) is 0 Å². The Hall–Kier alpha value is -0.570. The predicted octanol–water partition coefficient (Wildman–Crippen LogP) is 1.22. The summed E-state index contributed by atoms with van der Waals surface area (Å²) in [4.78, 5) is 10.6. The molecule has 0 rings (SSSR count). The van der Waals surface area contributed by atoms with Gasteiger partial charge in [0, 0.05) is 6.42 Å². The fourth-order valence-electron chi connectivity index (χ4n) is 1.29. The van der Waals surface area contributed by atoms with Gasteiger partial charge in [0.1, 0.15) is 0 Å². The van der Waals surface area contributed by atoms with Crippen molar-refractivity contribution in [1.29, 1.82) is 0 Å². The number of primary amides is 1. The topological polar surface area (TPSA) is 69.1 Å². The van der Waals surface area contributed by atoms with Crippen molar-refractivity contribution in [3.63, 3.8) is 0 Å². The molecule has 1 atom stereocenters. The molecule has 0 heterocycles. The Kier molecular flexibility index (Phi) is 6.59. The van der Waals surface area contributed by atoms with Crippen LogP contribution in [0.4, 0.5) is 0 Å². The Morgan fingerprint density at radius 2 is 2.00 bits per heavy atom. The van der Waals surface area contributed by atoms with Gasteiger partial charge in [-0.3, -0.25) is 4.79 Å². The lowest BCUT2D eigenvalue weighted by molar-refractivity contribution is -0.117. The minimum absolute atomic E-state index is 0.233. The van der Waals surface area contributed by atoms with Crippen LogP contribution in [0.2, 0.25) is 0 Å². The average Bonchev–Trinajstić information content (AvgIpc) is 2.03. The highest BCUT2D eigenvalue weighted by Gasteiger charge is 2.14. The molecule has 0 aliphatic heterocycles. The number of nitrogens with two attached hydrogens (primary N) is 2. The number of unbranched alkanes of at least 4 members (excludes halogenated alkanes) is 1. The lowest BCUT2D eigenvalue weighted by Crippen LogP contribution is -2.17. The molecule has 0 saturated carbocycles. The molecule has 3 nitrogen and oxygen atoms in total. The number of carbonyl (C=O) groups excluding carboxylic acids is 1. The van der Waals surface area contributed by atoms with E-state index in [-0.39, 0.29) is 5.91 Å². The summed E-state index contributed by atoms with van der Waals surface area (Å²) in [5.74, 6) is 1.44. The molecule has 77 valence electrons. The van der Waals surface area contributed by atoms with Crippen molar-refractivity contribution < 1.29 is 4.79 Å². The standard InChI is InChI=1S/C10H21N2O/c1-8(5-3-4-6-11)9(2)7-10(12)13/h8H,3-7,11H2,1-2H3,(H2,12,13). The van der Waals surface area contributed by atoms with Gasteiger partial charge in [-0.2, -0.15) is 0 Å². The Balaban J connectivity index is 3.56. The zero-order valence-corrected chi connectivity index (χ0v) is 8.68. The fraction of sp³-hybridized carbons (Fsp3) is 0.800. The molecule has 0 saturated heterocycles. The second-order valence-corrected chi connectivity index (χ2v) is 3.67. The summed E-state index contributed by atoms with van der Waals surface area (Å²) in [5.41, 5.74) is 10.5. The third-order valence-electron chi connectivity index (χ3n) is 2.39. The highest BCUT2D eigenvalue weighted by Crippen LogP contribution is 2.22. The maximum absolute atomic E-state index is 10.6. The summed E-state index contributed by atoms with van der Waals surface area (Å²) in [6, 6.07) is 0. The first-order valence-electron chi connectivity index (χ1n) is 4.88. The van der Waals surface area contributed by atoms with E-state index in [1.54, 1.807) is 0 Å². The van der Waals surface area contributed by atoms with Gasteiger partial charge in [0.05, 0.1) is 0 Å². The van der Waals surface area contributed by atoms with Crippen molar-refractivity contribution in [2.24, 2.45) is 17.4 Å². The minimum atomic E-state index is -0.233. The van der Waals surface area contributed by atoms with Crippen molar-refractivity contribution in [2.75, 3.05) is 6.54 Å². The van der Waals surface area contributed by atoms with E-state index < -0.39 is 0 Å². The molecule has 0 aromatic carbocycles. The first-order chi connectivity index (χ1) is 6.07. The molecular weight excluding hydrogens is 164 g/mol. The summed E-state index contributed by atoms with van der Waals surface area (Å²) in [6.07, 6.45) is 3.72. The number of rotatable bonds is 7. The number of hydrogen-bond donors (Lipinski definition) is 2. The van der Waals surface area contributed by atoms with E-state index in [0.717, 1.165) is 25.8 Å². The van der Waals surface area contributed by atoms with Crippen molar-refractivity contribution in [1.82, 2.24) is 0 Å². The highest BCUT2D eigenvalue weighted by molar-refractivity contribution is 5.75. The van der Waals surface area contributed by atoms with E-state index >= 15 is 0 Å². The summed E-state index contributed by atoms with van der Waals surface area (Å²) in [5, 5.41) is 0. The van der Waals surface area contributed by atoms with E-state index in [4.69, 9.17) is 11.5 Å². The minimum Gasteiger partial charge on any atom is -0.370 e. The first kappa shape index (κ1) is 12.4. The van der Waals surface area contributed by atoms with Crippen molar-refractivity contribution in [3.8, 4) is 0 Å². The summed E-state index contributed by atoms with van der Waals surface area (Å²) >= 11 is 0. The second kappa shape index (κ2) is 6.89. The maximum atomic E-state index is 10.6. The van der Waals surface area contributed by atoms with Crippen molar-refractivity contribution in [2.45, 2.75) is 39.5 Å². The monoisotopic (exact) mass is 185 g/mol. The van der Waals surface area contributed by atoms with Crippen molar-refractivity contribution in [3.05, 3.63) is 5.92 Å². The fourth-order valence-corrected chi connectivity index (χ4v) is 1.29. The zero-order chi connectivity index (χ0) is 10.3. The SMILES string of the molecule is C[C](CC(N)=O)C(C)CCCCN. The van der Waals surface area contributed by atoms with Crippen LogP contribution in [0.15, 0.2) is 0 Å². The largest absolute Gasteiger partial charge is 0.370 e. The second-order valence-electron chi connectivity index (χ2n) is 3.67. The maximum Gasteiger partial charge on any atom is 0.217 e. The van der Waals surface area contributed by atoms with E-state index in [9.17, 15) is 4.79 Å². The van der Waals surface area contributed by atoms with Crippen LogP contribution < -0.4 is 11.5 Å². The van der Waals surface area contributed by atoms with Gasteiger partial charge in [0.2, 0.25) is 5.91 Å². The van der Waals surface area contributed by atoms with Gasteiger partial charge in [0.25, 0.3) is 0 Å². The molecule has 1 radical (unpaired) electrons. The Morgan fingerprint density at radius 3 is 2.46 bits per heavy atom. The van der Waals surface area contributed by atoms with Crippen LogP contribution in [0.25, 0.3) is 0 Å². The molecule has 4 N–H and O–H groups in total. The van der Waals surface area contributed by atoms with Gasteiger partial charge >= 0.3 is 0 Å². The van der Waals surface area contributed by atoms with Gasteiger partial charge in [-0.05, 0) is 24.8 Å². The van der Waals surface area contributed by atoms with E-state index in [0.29, 0.717) is 12.3 Å². The Labute approximate surface area is 80.9 Å². The normalized spacial score (nSPS) is 13.2. The summed E-state index contributed by atoms with van der Waals surface area (Å²) < 4.78 is 0. The van der Waals surface area contributed by atoms with Crippen LogP contribution in [-0.2, 0) is 4.79 Å². The Morgan fingerprint density at radius 1 is 1.38 bits per heavy atom. The third kappa shape index (κ3) is 6.58. The smallest absolute Gasteiger partial charge is 0.217 e. The predicted molar refractivity (Wildman–Crippen MR) is 54.8 cm³/mol. The highest BCUT2D eigenvalue weighted by atomic mass is 16.1. The lowest BCUT2D eigenvalue weighted by Gasteiger charge is -2.17. The van der Waals surface area contributed by atoms with Crippen LogP contribution in [0.5, 0.6) is 0 Å². The Bertz CT molecular complexity index is 148. The number of amides is 1. The molecule has 0 aromatic heterocycles. The quantitative estimate of drug-likeness (QED) is 0.585. The van der Waals surface area contributed by atoms with Crippen LogP contribution in [0.3, 0.4) is 0 Å². The first-order valence-corrected chi connectivity index (χ1v) is 4.88. The van der Waals surface area contributed by atoms with Gasteiger partial charge in [0.15, 0.2) is 0 Å². The van der Waals surface area contributed by atoms with Crippen LogP contribution >= 0.6 is 0 Å². The summed E-state index contributed by atoms with van der Waals surface area (Å²) in [7, 11) is 0. The van der Waals surface area contributed by atoms with E-state index in [2.05, 4.69) is 6.92 Å². The van der Waals surface area contributed by atoms with Crippen LogP contribution in [-0.4, -0.2) is 12.5 Å². The van der Waals surface area contributed by atoms with E-state index in [1.165, 1.54) is 5.92 Å². The molecule has 0 aliphatic carbocycles. The molecule has 0 bridgehead atoms. The van der Waals surface area contributed by atoms with Gasteiger partial charge in [-0.1, -0.05) is 26.7 Å². The number of carbonyl (C=O) groups is 1. The molecular formula is C10H21N2O. The molecule has 0 aliphatic rings. The molecule has 0 aromatic rings. The molecule has 0 fully saturated rings. The molecule has 3 heteroatoms. The number of hydrogen-bond acceptors (Lipinski definition) is 2. The zero-order valence-electron chi connectivity index (χ0n) is 8.68. The summed E-state index contributed by atoms with van der Waals surface area (Å²) in [6.45, 7) is 4.88. The third-order valence-corrected chi connectivity index (χ3v) is 2.39. The lowest BCUT2D eigenvalue weighted by atomic mass is 9.88. The van der Waals surface area contributed by atoms with Gasteiger partial charge < -0.3 is 11.5 Å². The van der Waals surface area contributed by atoms with Crippen LogP contribution in [0.1, 0.15) is 39.5 Å². The van der Waals surface area contributed by atoms with Crippen LogP contribution in [0, 0.1) is 11.8 Å².